The minimum atomic E-state index is -1.43. The van der Waals surface area contributed by atoms with Crippen molar-refractivity contribution in [2.45, 2.75) is 84.2 Å². The van der Waals surface area contributed by atoms with Crippen LogP contribution in [0.1, 0.15) is 63.9 Å². The first-order chi connectivity index (χ1) is 20.1. The molecule has 4 aliphatic rings. The van der Waals surface area contributed by atoms with Crippen LogP contribution >= 0.6 is 0 Å². The van der Waals surface area contributed by atoms with Crippen LogP contribution in [0.5, 0.6) is 0 Å². The lowest BCUT2D eigenvalue weighted by molar-refractivity contribution is -0.138. The average Bonchev–Trinajstić information content (AvgIpc) is 3.93. The predicted molar refractivity (Wildman–Crippen MR) is 159 cm³/mol. The Bertz CT molecular complexity index is 1210. The number of nitrogens with zero attached hydrogens (tertiary/aromatic N) is 4. The summed E-state index contributed by atoms with van der Waals surface area (Å²) in [5.41, 5.74) is 1.18. The molecule has 1 aromatic rings. The van der Waals surface area contributed by atoms with Crippen molar-refractivity contribution in [2.75, 3.05) is 26.7 Å². The number of nitrogens with one attached hydrogen (secondary N) is 2. The van der Waals surface area contributed by atoms with Crippen LogP contribution < -0.4 is 10.6 Å². The molecule has 6 atom stereocenters. The summed E-state index contributed by atoms with van der Waals surface area (Å²) in [6.45, 7) is 10.7. The summed E-state index contributed by atoms with van der Waals surface area (Å²) in [6, 6.07) is 0.395. The van der Waals surface area contributed by atoms with Crippen LogP contribution in [0.3, 0.4) is 0 Å². The highest BCUT2D eigenvalue weighted by atomic mass is 19.1. The molecule has 0 bridgehead atoms. The number of alkyl halides is 1. The first-order valence-electron chi connectivity index (χ1n) is 15.7. The number of hydrogen-bond acceptors (Lipinski definition) is 5. The van der Waals surface area contributed by atoms with Crippen molar-refractivity contribution >= 4 is 17.7 Å². The van der Waals surface area contributed by atoms with E-state index in [4.69, 9.17) is 0 Å². The van der Waals surface area contributed by atoms with E-state index in [1.54, 1.807) is 29.1 Å². The number of amides is 3. The van der Waals surface area contributed by atoms with Gasteiger partial charge in [0.15, 0.2) is 0 Å². The van der Waals surface area contributed by atoms with Gasteiger partial charge in [0.25, 0.3) is 5.91 Å². The Hall–Kier alpha value is -3.01. The molecule has 0 spiro atoms. The normalized spacial score (nSPS) is 26.9. The number of hydrogen-bond donors (Lipinski definition) is 2. The van der Waals surface area contributed by atoms with Gasteiger partial charge in [-0.25, -0.2) is 4.39 Å². The van der Waals surface area contributed by atoms with Crippen molar-refractivity contribution in [3.05, 3.63) is 41.8 Å². The molecule has 1 aliphatic heterocycles. The van der Waals surface area contributed by atoms with Gasteiger partial charge in [0, 0.05) is 44.3 Å². The number of carbonyl (C=O) groups excluding carboxylic acids is 3. The van der Waals surface area contributed by atoms with Gasteiger partial charge in [-0.1, -0.05) is 26.0 Å². The Morgan fingerprint density at radius 3 is 2.40 bits per heavy atom. The second-order valence-corrected chi connectivity index (χ2v) is 12.9. The molecular weight excluding hydrogens is 535 g/mol. The van der Waals surface area contributed by atoms with E-state index in [9.17, 15) is 14.4 Å². The zero-order chi connectivity index (χ0) is 30.1. The third kappa shape index (κ3) is 6.63. The average molecular weight is 583 g/mol. The molecule has 230 valence electrons. The van der Waals surface area contributed by atoms with Gasteiger partial charge in [-0.3, -0.25) is 19.1 Å². The highest BCUT2D eigenvalue weighted by Crippen LogP contribution is 2.50. The van der Waals surface area contributed by atoms with E-state index in [1.165, 1.54) is 0 Å². The zero-order valence-electron chi connectivity index (χ0n) is 25.6. The number of allylic oxidation sites excluding steroid dienone is 2. The van der Waals surface area contributed by atoms with Crippen LogP contribution in [0, 0.1) is 29.6 Å². The molecule has 2 saturated carbocycles. The smallest absolute Gasteiger partial charge is 0.270 e. The van der Waals surface area contributed by atoms with E-state index < -0.39 is 18.3 Å². The van der Waals surface area contributed by atoms with Crippen LogP contribution in [-0.2, 0) is 16.1 Å². The van der Waals surface area contributed by atoms with Gasteiger partial charge in [-0.2, -0.15) is 5.10 Å². The maximum absolute atomic E-state index is 15.6. The third-order valence-electron chi connectivity index (χ3n) is 9.97. The van der Waals surface area contributed by atoms with Gasteiger partial charge in [0.1, 0.15) is 17.9 Å². The lowest BCUT2D eigenvalue weighted by Crippen LogP contribution is -2.55. The van der Waals surface area contributed by atoms with Crippen molar-refractivity contribution in [1.29, 1.82) is 0 Å². The second kappa shape index (κ2) is 12.7. The molecule has 2 heterocycles. The third-order valence-corrected chi connectivity index (χ3v) is 9.97. The van der Waals surface area contributed by atoms with Gasteiger partial charge in [-0.05, 0) is 88.0 Å². The number of likely N-dealkylation sites (N-methyl/N-ethyl adjacent to an activating group) is 1. The molecule has 10 heteroatoms. The van der Waals surface area contributed by atoms with E-state index in [0.717, 1.165) is 37.8 Å². The molecule has 3 fully saturated rings. The molecule has 42 heavy (non-hydrogen) atoms. The Kier molecular flexibility index (Phi) is 9.20. The minimum Gasteiger partial charge on any atom is -0.345 e. The largest absolute Gasteiger partial charge is 0.345 e. The van der Waals surface area contributed by atoms with E-state index in [1.807, 2.05) is 31.7 Å². The highest BCUT2D eigenvalue weighted by molar-refractivity contribution is 5.96. The van der Waals surface area contributed by atoms with Gasteiger partial charge in [0.05, 0.1) is 6.04 Å². The molecule has 0 aromatic carbocycles. The van der Waals surface area contributed by atoms with E-state index in [0.29, 0.717) is 43.2 Å². The van der Waals surface area contributed by atoms with Crippen LogP contribution in [0.4, 0.5) is 4.39 Å². The molecule has 0 radical (unpaired) electrons. The van der Waals surface area contributed by atoms with E-state index >= 15 is 4.39 Å². The highest BCUT2D eigenvalue weighted by Gasteiger charge is 2.49. The first kappa shape index (κ1) is 30.4. The van der Waals surface area contributed by atoms with Crippen molar-refractivity contribution in [3.63, 3.8) is 0 Å². The zero-order valence-corrected chi connectivity index (χ0v) is 25.6. The minimum absolute atomic E-state index is 0.0489. The summed E-state index contributed by atoms with van der Waals surface area (Å²) >= 11 is 0. The van der Waals surface area contributed by atoms with Crippen LogP contribution in [0.2, 0.25) is 0 Å². The molecule has 3 unspecified atom stereocenters. The summed E-state index contributed by atoms with van der Waals surface area (Å²) in [5.74, 6) is -0.174. The van der Waals surface area contributed by atoms with Gasteiger partial charge in [-0.15, -0.1) is 0 Å². The van der Waals surface area contributed by atoms with Gasteiger partial charge in [0.2, 0.25) is 11.8 Å². The van der Waals surface area contributed by atoms with Crippen LogP contribution in [-0.4, -0.2) is 88.3 Å². The quantitative estimate of drug-likeness (QED) is 0.418. The Labute approximate surface area is 248 Å². The van der Waals surface area contributed by atoms with Gasteiger partial charge >= 0.3 is 0 Å². The van der Waals surface area contributed by atoms with Crippen LogP contribution in [0.15, 0.2) is 36.1 Å². The summed E-state index contributed by atoms with van der Waals surface area (Å²) in [5, 5.41) is 10.1. The molecule has 2 N–H and O–H groups in total. The number of rotatable bonds is 11. The number of halogens is 1. The lowest BCUT2D eigenvalue weighted by atomic mass is 9.83. The maximum atomic E-state index is 15.6. The van der Waals surface area contributed by atoms with Gasteiger partial charge < -0.3 is 20.4 Å². The summed E-state index contributed by atoms with van der Waals surface area (Å²) in [4.78, 5) is 44.4. The molecule has 1 aromatic heterocycles. The Balaban J connectivity index is 1.24. The fraction of sp³-hybridized carbons (Fsp3) is 0.688. The molecule has 3 amide bonds. The number of carbonyl (C=O) groups is 3. The standard InChI is InChI=1S/C32H47FN6O3/c1-6-39-27(13-14-34-39)30(40)36-29(28(22-7-8-22)23-9-10-23)31(41)35-26-12-11-24(17-25(26)33)20(3)21(4)32(42)38-16-15-37(5)19(2)18-38/h11-14,17,19-23,25-26,28-29H,6-10,15-16,18H2,1-5H3,(H,35,41)(H,36,40)/t19-,20-,21?,25?,26?,29+/m1/s1. The molecule has 5 rings (SSSR count). The predicted octanol–water partition coefficient (Wildman–Crippen LogP) is 3.19. The summed E-state index contributed by atoms with van der Waals surface area (Å²) in [7, 11) is 2.07. The molecular formula is C32H47FN6O3. The van der Waals surface area contributed by atoms with Crippen molar-refractivity contribution in [2.24, 2.45) is 29.6 Å². The fourth-order valence-corrected chi connectivity index (χ4v) is 6.61. The number of aromatic nitrogens is 2. The monoisotopic (exact) mass is 582 g/mol. The fourth-order valence-electron chi connectivity index (χ4n) is 6.61. The van der Waals surface area contributed by atoms with Crippen LogP contribution in [0.25, 0.3) is 0 Å². The van der Waals surface area contributed by atoms with Crippen molar-refractivity contribution in [3.8, 4) is 0 Å². The van der Waals surface area contributed by atoms with E-state index in [-0.39, 0.29) is 35.5 Å². The van der Waals surface area contributed by atoms with Crippen molar-refractivity contribution in [1.82, 2.24) is 30.2 Å². The Morgan fingerprint density at radius 1 is 1.12 bits per heavy atom. The second-order valence-electron chi connectivity index (χ2n) is 12.9. The first-order valence-corrected chi connectivity index (χ1v) is 15.7. The van der Waals surface area contributed by atoms with E-state index in [2.05, 4.69) is 34.6 Å². The molecule has 9 nitrogen and oxygen atoms in total. The number of piperazine rings is 1. The molecule has 1 saturated heterocycles. The Morgan fingerprint density at radius 2 is 1.81 bits per heavy atom. The topological polar surface area (TPSA) is 99.6 Å². The summed E-state index contributed by atoms with van der Waals surface area (Å²) < 4.78 is 17.2. The molecule has 3 aliphatic carbocycles. The van der Waals surface area contributed by atoms with Crippen molar-refractivity contribution < 1.29 is 18.8 Å². The maximum Gasteiger partial charge on any atom is 0.270 e. The number of aryl methyl sites for hydroxylation is 1. The summed E-state index contributed by atoms with van der Waals surface area (Å²) in [6.07, 6.45) is 9.44. The SMILES string of the molecule is CCn1nccc1C(=O)N[C@H](C(=O)NC1C=CC([C@H](C)C(C)C(=O)N2CCN(C)[C@H](C)C2)=CC1F)C(C1CC1)C1CC1. The lowest BCUT2D eigenvalue weighted by Gasteiger charge is -2.39.